The number of para-hydroxylation sites is 1. The highest BCUT2D eigenvalue weighted by atomic mass is 16.5. The first-order valence-corrected chi connectivity index (χ1v) is 6.37. The van der Waals surface area contributed by atoms with E-state index in [2.05, 4.69) is 6.58 Å². The number of hydrogen-bond donors (Lipinski definition) is 1. The summed E-state index contributed by atoms with van der Waals surface area (Å²) in [6.07, 6.45) is 2.42. The summed E-state index contributed by atoms with van der Waals surface area (Å²) in [6, 6.07) is 8.57. The van der Waals surface area contributed by atoms with Gasteiger partial charge < -0.3 is 19.0 Å². The van der Waals surface area contributed by atoms with E-state index in [9.17, 15) is 4.79 Å². The Labute approximate surface area is 122 Å². The van der Waals surface area contributed by atoms with E-state index in [0.29, 0.717) is 23.7 Å². The van der Waals surface area contributed by atoms with E-state index >= 15 is 0 Å². The number of carboxylic acids is 1. The molecular formula is C16H16O5. The zero-order chi connectivity index (χ0) is 15.2. The number of furan rings is 1. The average molecular weight is 288 g/mol. The Morgan fingerprint density at radius 1 is 1.38 bits per heavy atom. The lowest BCUT2D eigenvalue weighted by Crippen LogP contribution is -2.00. The molecule has 0 radical (unpaired) electrons. The number of carboxylic acid groups (broad SMARTS) is 1. The van der Waals surface area contributed by atoms with E-state index in [0.717, 1.165) is 5.56 Å². The van der Waals surface area contributed by atoms with Crippen molar-refractivity contribution in [3.8, 4) is 11.5 Å². The van der Waals surface area contributed by atoms with Crippen molar-refractivity contribution in [3.63, 3.8) is 0 Å². The van der Waals surface area contributed by atoms with Crippen LogP contribution in [0, 0.1) is 0 Å². The van der Waals surface area contributed by atoms with Crippen molar-refractivity contribution >= 4 is 5.97 Å². The first-order chi connectivity index (χ1) is 10.2. The lowest BCUT2D eigenvalue weighted by Gasteiger charge is -2.13. The minimum absolute atomic E-state index is 0.111. The number of aromatic carboxylic acids is 1. The molecular weight excluding hydrogens is 272 g/mol. The van der Waals surface area contributed by atoms with Gasteiger partial charge in [-0.15, -0.1) is 6.58 Å². The molecule has 21 heavy (non-hydrogen) atoms. The van der Waals surface area contributed by atoms with Crippen LogP contribution in [0.1, 0.15) is 21.9 Å². The molecule has 0 atom stereocenters. The number of benzene rings is 1. The molecule has 0 saturated heterocycles. The Bertz CT molecular complexity index is 642. The standard InChI is InChI=1S/C16H16O5/c1-3-5-11-6-4-7-13(19-2)15(11)20-10-12-8-9-14(21-12)16(17)18/h3-4,6-9H,1,5,10H2,2H3,(H,17,18). The first-order valence-electron chi connectivity index (χ1n) is 6.37. The van der Waals surface area contributed by atoms with Crippen LogP contribution in [0.25, 0.3) is 0 Å². The highest BCUT2D eigenvalue weighted by molar-refractivity contribution is 5.84. The van der Waals surface area contributed by atoms with Crippen molar-refractivity contribution in [1.29, 1.82) is 0 Å². The molecule has 0 unspecified atom stereocenters. The third kappa shape index (κ3) is 3.45. The predicted molar refractivity (Wildman–Crippen MR) is 76.9 cm³/mol. The van der Waals surface area contributed by atoms with E-state index in [4.69, 9.17) is 19.0 Å². The third-order valence-electron chi connectivity index (χ3n) is 2.88. The van der Waals surface area contributed by atoms with Crippen LogP contribution in [0.4, 0.5) is 0 Å². The van der Waals surface area contributed by atoms with E-state index < -0.39 is 5.97 Å². The maximum absolute atomic E-state index is 10.8. The number of ether oxygens (including phenoxy) is 2. The van der Waals surface area contributed by atoms with Gasteiger partial charge >= 0.3 is 5.97 Å². The molecule has 0 aliphatic rings. The zero-order valence-corrected chi connectivity index (χ0v) is 11.7. The lowest BCUT2D eigenvalue weighted by molar-refractivity contribution is 0.0658. The topological polar surface area (TPSA) is 68.9 Å². The van der Waals surface area contributed by atoms with E-state index in [1.54, 1.807) is 25.3 Å². The second kappa shape index (κ2) is 6.65. The summed E-state index contributed by atoms with van der Waals surface area (Å²) in [6.45, 7) is 3.84. The van der Waals surface area contributed by atoms with Crippen LogP contribution in [0.2, 0.25) is 0 Å². The Kier molecular flexibility index (Phi) is 4.66. The largest absolute Gasteiger partial charge is 0.493 e. The van der Waals surface area contributed by atoms with Crippen LogP contribution in [0.3, 0.4) is 0 Å². The maximum Gasteiger partial charge on any atom is 0.371 e. The smallest absolute Gasteiger partial charge is 0.371 e. The number of hydrogen-bond acceptors (Lipinski definition) is 4. The quantitative estimate of drug-likeness (QED) is 0.792. The molecule has 0 fully saturated rings. The predicted octanol–water partition coefficient (Wildman–Crippen LogP) is 3.29. The van der Waals surface area contributed by atoms with Gasteiger partial charge in [-0.05, 0) is 24.6 Å². The Balaban J connectivity index is 2.17. The van der Waals surface area contributed by atoms with Crippen molar-refractivity contribution in [2.24, 2.45) is 0 Å². The molecule has 1 aromatic carbocycles. The van der Waals surface area contributed by atoms with Crippen molar-refractivity contribution in [1.82, 2.24) is 0 Å². The average Bonchev–Trinajstić information content (AvgIpc) is 2.95. The molecule has 2 rings (SSSR count). The second-order valence-corrected chi connectivity index (χ2v) is 4.30. The lowest BCUT2D eigenvalue weighted by atomic mass is 10.1. The summed E-state index contributed by atoms with van der Waals surface area (Å²) in [7, 11) is 1.56. The molecule has 0 saturated carbocycles. The zero-order valence-electron chi connectivity index (χ0n) is 11.7. The summed E-state index contributed by atoms with van der Waals surface area (Å²) in [5, 5.41) is 8.81. The summed E-state index contributed by atoms with van der Waals surface area (Å²) < 4.78 is 16.2. The summed E-state index contributed by atoms with van der Waals surface area (Å²) in [5.74, 6) is 0.432. The first kappa shape index (κ1) is 14.7. The number of carbonyl (C=O) groups is 1. The van der Waals surface area contributed by atoms with Gasteiger partial charge in [-0.25, -0.2) is 4.79 Å². The molecule has 0 bridgehead atoms. The molecule has 1 aromatic heterocycles. The van der Waals surface area contributed by atoms with Gasteiger partial charge in [0.2, 0.25) is 5.76 Å². The SMILES string of the molecule is C=CCc1cccc(OC)c1OCc1ccc(C(=O)O)o1. The molecule has 5 nitrogen and oxygen atoms in total. The monoisotopic (exact) mass is 288 g/mol. The molecule has 110 valence electrons. The van der Waals surface area contributed by atoms with Crippen molar-refractivity contribution in [2.45, 2.75) is 13.0 Å². The van der Waals surface area contributed by atoms with Gasteiger partial charge in [0.1, 0.15) is 12.4 Å². The van der Waals surface area contributed by atoms with Crippen molar-refractivity contribution in [2.75, 3.05) is 7.11 Å². The molecule has 1 heterocycles. The maximum atomic E-state index is 10.8. The number of allylic oxidation sites excluding steroid dienone is 1. The van der Waals surface area contributed by atoms with Gasteiger partial charge in [-0.2, -0.15) is 0 Å². The van der Waals surface area contributed by atoms with E-state index in [-0.39, 0.29) is 12.4 Å². The molecule has 1 N–H and O–H groups in total. The van der Waals surface area contributed by atoms with Gasteiger partial charge in [0.25, 0.3) is 0 Å². The Hall–Kier alpha value is -2.69. The third-order valence-corrected chi connectivity index (χ3v) is 2.88. The summed E-state index contributed by atoms with van der Waals surface area (Å²) >= 11 is 0. The molecule has 0 spiro atoms. The van der Waals surface area contributed by atoms with E-state index in [1.807, 2.05) is 12.1 Å². The van der Waals surface area contributed by atoms with Crippen LogP contribution in [-0.4, -0.2) is 18.2 Å². The van der Waals surface area contributed by atoms with Gasteiger partial charge in [-0.1, -0.05) is 18.2 Å². The molecule has 0 amide bonds. The van der Waals surface area contributed by atoms with Gasteiger partial charge in [-0.3, -0.25) is 0 Å². The van der Waals surface area contributed by atoms with Crippen molar-refractivity contribution < 1.29 is 23.8 Å². The Morgan fingerprint density at radius 2 is 2.19 bits per heavy atom. The fourth-order valence-electron chi connectivity index (χ4n) is 1.92. The van der Waals surface area contributed by atoms with Crippen LogP contribution in [0.15, 0.2) is 47.4 Å². The van der Waals surface area contributed by atoms with Crippen LogP contribution < -0.4 is 9.47 Å². The minimum atomic E-state index is -1.11. The molecule has 0 aliphatic carbocycles. The number of rotatable bonds is 7. The fraction of sp³-hybridized carbons (Fsp3) is 0.188. The highest BCUT2D eigenvalue weighted by Gasteiger charge is 2.13. The fourth-order valence-corrected chi connectivity index (χ4v) is 1.92. The van der Waals surface area contributed by atoms with Crippen LogP contribution >= 0.6 is 0 Å². The molecule has 0 aliphatic heterocycles. The normalized spacial score (nSPS) is 10.1. The van der Waals surface area contributed by atoms with Gasteiger partial charge in [0.05, 0.1) is 7.11 Å². The van der Waals surface area contributed by atoms with Crippen LogP contribution in [0.5, 0.6) is 11.5 Å². The molecule has 5 heteroatoms. The van der Waals surface area contributed by atoms with Gasteiger partial charge in [0, 0.05) is 5.56 Å². The van der Waals surface area contributed by atoms with Crippen LogP contribution in [-0.2, 0) is 13.0 Å². The minimum Gasteiger partial charge on any atom is -0.493 e. The second-order valence-electron chi connectivity index (χ2n) is 4.30. The summed E-state index contributed by atoms with van der Waals surface area (Å²) in [4.78, 5) is 10.8. The van der Waals surface area contributed by atoms with Gasteiger partial charge in [0.15, 0.2) is 11.5 Å². The van der Waals surface area contributed by atoms with E-state index in [1.165, 1.54) is 6.07 Å². The molecule has 2 aromatic rings. The summed E-state index contributed by atoms with van der Waals surface area (Å²) in [5.41, 5.74) is 0.939. The Morgan fingerprint density at radius 3 is 2.81 bits per heavy atom. The van der Waals surface area contributed by atoms with Crippen molar-refractivity contribution in [3.05, 3.63) is 60.1 Å². The highest BCUT2D eigenvalue weighted by Crippen LogP contribution is 2.32. The number of methoxy groups -OCH3 is 1.